The summed E-state index contributed by atoms with van der Waals surface area (Å²) in [6.07, 6.45) is 2.50. The third kappa shape index (κ3) is 1.97. The van der Waals surface area contributed by atoms with E-state index in [9.17, 15) is 4.39 Å². The number of halogens is 1. The van der Waals surface area contributed by atoms with E-state index in [1.54, 1.807) is 12.5 Å². The predicted octanol–water partition coefficient (Wildman–Crippen LogP) is 0.918. The maximum atomic E-state index is 13.2. The standard InChI is InChI=1S/C11H9FN6/c12-11-17-9(8-10(18-11)16-6-15-8)14-5-7-3-1-2-4-13-7/h1-4,6H,5H2,(H2,14,15,16,17,18)/p+1. The molecule has 0 saturated carbocycles. The molecule has 3 aromatic heterocycles. The fourth-order valence-corrected chi connectivity index (χ4v) is 1.66. The van der Waals surface area contributed by atoms with Crippen LogP contribution in [0.25, 0.3) is 11.2 Å². The number of hydrogen-bond acceptors (Lipinski definition) is 4. The monoisotopic (exact) mass is 245 g/mol. The number of imidazole rings is 1. The fourth-order valence-electron chi connectivity index (χ4n) is 1.66. The van der Waals surface area contributed by atoms with Gasteiger partial charge in [0, 0.05) is 6.20 Å². The van der Waals surface area contributed by atoms with Crippen LogP contribution in [0.3, 0.4) is 0 Å². The second kappa shape index (κ2) is 4.36. The van der Waals surface area contributed by atoms with Crippen LogP contribution in [0.15, 0.2) is 30.7 Å². The Hall–Kier alpha value is -2.57. The molecule has 0 saturated heterocycles. The summed E-state index contributed by atoms with van der Waals surface area (Å²) in [6, 6.07) is 5.61. The lowest BCUT2D eigenvalue weighted by Crippen LogP contribution is -2.07. The molecule has 3 aromatic rings. The van der Waals surface area contributed by atoms with Gasteiger partial charge in [0.1, 0.15) is 0 Å². The molecule has 3 N–H and O–H groups in total. The molecule has 0 unspecified atom stereocenters. The number of aromatic nitrogens is 5. The van der Waals surface area contributed by atoms with Gasteiger partial charge in [-0.1, -0.05) is 6.07 Å². The van der Waals surface area contributed by atoms with Crippen molar-refractivity contribution in [2.45, 2.75) is 6.54 Å². The highest BCUT2D eigenvalue weighted by Crippen LogP contribution is 2.14. The summed E-state index contributed by atoms with van der Waals surface area (Å²) in [7, 11) is 0. The Bertz CT molecular complexity index is 666. The number of H-pyrrole nitrogens is 2. The average Bonchev–Trinajstić information content (AvgIpc) is 2.85. The van der Waals surface area contributed by atoms with Gasteiger partial charge in [-0.05, 0) is 17.1 Å². The van der Waals surface area contributed by atoms with Crippen LogP contribution >= 0.6 is 0 Å². The molecule has 0 spiro atoms. The number of anilines is 1. The molecule has 6 nitrogen and oxygen atoms in total. The molecule has 0 amide bonds. The molecule has 0 bridgehead atoms. The van der Waals surface area contributed by atoms with Gasteiger partial charge in [0.25, 0.3) is 0 Å². The van der Waals surface area contributed by atoms with E-state index in [1.165, 1.54) is 0 Å². The summed E-state index contributed by atoms with van der Waals surface area (Å²) in [5, 5.41) is 3.03. The summed E-state index contributed by atoms with van der Waals surface area (Å²) in [5.74, 6) is 0.407. The third-order valence-corrected chi connectivity index (χ3v) is 2.47. The van der Waals surface area contributed by atoms with E-state index in [0.717, 1.165) is 5.69 Å². The van der Waals surface area contributed by atoms with Crippen LogP contribution < -0.4 is 10.3 Å². The Morgan fingerprint density at radius 2 is 2.28 bits per heavy atom. The van der Waals surface area contributed by atoms with E-state index >= 15 is 0 Å². The lowest BCUT2D eigenvalue weighted by molar-refractivity contribution is -0.347. The second-order valence-electron chi connectivity index (χ2n) is 3.67. The summed E-state index contributed by atoms with van der Waals surface area (Å²) in [6.45, 7) is 0.464. The number of fused-ring (bicyclic) bond motifs is 1. The highest BCUT2D eigenvalue weighted by atomic mass is 19.1. The van der Waals surface area contributed by atoms with Gasteiger partial charge >= 0.3 is 11.7 Å². The molecule has 3 heterocycles. The molecule has 0 fully saturated rings. The Kier molecular flexibility index (Phi) is 2.56. The van der Waals surface area contributed by atoms with Crippen molar-refractivity contribution in [2.24, 2.45) is 0 Å². The third-order valence-electron chi connectivity index (χ3n) is 2.47. The number of nitrogens with zero attached hydrogens (tertiary/aromatic N) is 3. The van der Waals surface area contributed by atoms with Crippen molar-refractivity contribution in [3.05, 3.63) is 42.5 Å². The second-order valence-corrected chi connectivity index (χ2v) is 3.67. The quantitative estimate of drug-likeness (QED) is 0.672. The van der Waals surface area contributed by atoms with E-state index in [-0.39, 0.29) is 0 Å². The molecule has 0 aliphatic carbocycles. The minimum absolute atomic E-state index is 0.407. The number of aromatic amines is 2. The SMILES string of the molecule is Fc1nc(NCc2ccccn2)c2[nH]c[nH+]c2n1. The van der Waals surface area contributed by atoms with Gasteiger partial charge in [-0.25, -0.2) is 4.98 Å². The molecule has 0 radical (unpaired) electrons. The van der Waals surface area contributed by atoms with Crippen molar-refractivity contribution < 1.29 is 9.37 Å². The highest BCUT2D eigenvalue weighted by molar-refractivity contribution is 5.79. The van der Waals surface area contributed by atoms with Crippen LogP contribution in [-0.4, -0.2) is 19.9 Å². The van der Waals surface area contributed by atoms with Crippen LogP contribution in [0, 0.1) is 6.08 Å². The Morgan fingerprint density at radius 3 is 3.11 bits per heavy atom. The lowest BCUT2D eigenvalue weighted by Gasteiger charge is -2.03. The predicted molar refractivity (Wildman–Crippen MR) is 62.0 cm³/mol. The van der Waals surface area contributed by atoms with Crippen molar-refractivity contribution in [3.63, 3.8) is 0 Å². The summed E-state index contributed by atoms with van der Waals surface area (Å²) < 4.78 is 13.2. The first-order chi connectivity index (χ1) is 8.83. The highest BCUT2D eigenvalue weighted by Gasteiger charge is 2.15. The molecule has 7 heteroatoms. The molecule has 0 aliphatic rings. The van der Waals surface area contributed by atoms with E-state index < -0.39 is 6.08 Å². The number of rotatable bonds is 3. The minimum Gasteiger partial charge on any atom is -0.361 e. The zero-order chi connectivity index (χ0) is 12.4. The largest absolute Gasteiger partial charge is 0.386 e. The van der Waals surface area contributed by atoms with Crippen LogP contribution in [0.2, 0.25) is 0 Å². The first-order valence-electron chi connectivity index (χ1n) is 5.39. The van der Waals surface area contributed by atoms with Crippen LogP contribution in [0.5, 0.6) is 0 Å². The van der Waals surface area contributed by atoms with Gasteiger partial charge < -0.3 is 5.32 Å². The van der Waals surface area contributed by atoms with Gasteiger partial charge in [-0.2, -0.15) is 4.98 Å². The molecule has 0 aliphatic heterocycles. The first-order valence-corrected chi connectivity index (χ1v) is 5.39. The maximum Gasteiger partial charge on any atom is 0.386 e. The summed E-state index contributed by atoms with van der Waals surface area (Å²) in [5.41, 5.74) is 1.90. The molecule has 90 valence electrons. The van der Waals surface area contributed by atoms with Gasteiger partial charge in [-0.3, -0.25) is 9.97 Å². The van der Waals surface area contributed by atoms with Crippen molar-refractivity contribution in [2.75, 3.05) is 5.32 Å². The van der Waals surface area contributed by atoms with Gasteiger partial charge in [0.2, 0.25) is 5.52 Å². The van der Waals surface area contributed by atoms with Crippen LogP contribution in [0.4, 0.5) is 10.2 Å². The average molecular weight is 245 g/mol. The van der Waals surface area contributed by atoms with E-state index in [2.05, 4.69) is 30.2 Å². The molecule has 18 heavy (non-hydrogen) atoms. The number of nitrogens with one attached hydrogen (secondary N) is 3. The van der Waals surface area contributed by atoms with E-state index in [1.807, 2.05) is 18.2 Å². The van der Waals surface area contributed by atoms with Gasteiger partial charge in [0.05, 0.1) is 12.2 Å². The summed E-state index contributed by atoms with van der Waals surface area (Å²) >= 11 is 0. The molecule has 3 rings (SSSR count). The molecular formula is C11H10FN6+. The fraction of sp³-hybridized carbons (Fsp3) is 0.0909. The smallest absolute Gasteiger partial charge is 0.361 e. The van der Waals surface area contributed by atoms with Crippen LogP contribution in [0.1, 0.15) is 5.69 Å². The van der Waals surface area contributed by atoms with Gasteiger partial charge in [-0.15, -0.1) is 4.39 Å². The Labute approximate surface area is 101 Å². The van der Waals surface area contributed by atoms with E-state index in [0.29, 0.717) is 23.5 Å². The molecule has 0 aromatic carbocycles. The zero-order valence-electron chi connectivity index (χ0n) is 9.31. The topological polar surface area (TPSA) is 80.6 Å². The molecular weight excluding hydrogens is 235 g/mol. The van der Waals surface area contributed by atoms with Crippen molar-refractivity contribution in [1.82, 2.24) is 19.9 Å². The van der Waals surface area contributed by atoms with Crippen molar-refractivity contribution in [1.29, 1.82) is 0 Å². The van der Waals surface area contributed by atoms with Crippen molar-refractivity contribution >= 4 is 17.0 Å². The van der Waals surface area contributed by atoms with Gasteiger partial charge in [0.15, 0.2) is 12.1 Å². The van der Waals surface area contributed by atoms with E-state index in [4.69, 9.17) is 0 Å². The number of hydrogen-bond donors (Lipinski definition) is 2. The maximum absolute atomic E-state index is 13.2. The Morgan fingerprint density at radius 1 is 1.33 bits per heavy atom. The van der Waals surface area contributed by atoms with Crippen LogP contribution in [-0.2, 0) is 6.54 Å². The molecule has 0 atom stereocenters. The Balaban J connectivity index is 1.88. The minimum atomic E-state index is -0.776. The first kappa shape index (κ1) is 10.6. The zero-order valence-corrected chi connectivity index (χ0v) is 9.31. The normalized spacial score (nSPS) is 10.7. The number of pyridine rings is 1. The van der Waals surface area contributed by atoms with Crippen molar-refractivity contribution in [3.8, 4) is 0 Å². The summed E-state index contributed by atoms with van der Waals surface area (Å²) in [4.78, 5) is 17.2. The lowest BCUT2D eigenvalue weighted by atomic mass is 10.3.